The lowest BCUT2D eigenvalue weighted by molar-refractivity contribution is -0.141. The van der Waals surface area contributed by atoms with Crippen molar-refractivity contribution in [3.63, 3.8) is 0 Å². The number of nitrogens with two attached hydrogens (primary N) is 1. The highest BCUT2D eigenvalue weighted by molar-refractivity contribution is 5.72. The SMILES string of the molecule is COCCC(CC(=O)OC)NC(=O)OC(C)(C)CN. The normalized spacial score (nSPS) is 12.7. The first-order valence-corrected chi connectivity index (χ1v) is 6.10. The fourth-order valence-electron chi connectivity index (χ4n) is 1.26. The molecule has 1 atom stereocenters. The van der Waals surface area contributed by atoms with E-state index in [0.717, 1.165) is 0 Å². The molecule has 0 aromatic heterocycles. The van der Waals surface area contributed by atoms with Crippen molar-refractivity contribution in [3.8, 4) is 0 Å². The molecule has 0 heterocycles. The molecule has 112 valence electrons. The van der Waals surface area contributed by atoms with Gasteiger partial charge in [-0.25, -0.2) is 4.79 Å². The van der Waals surface area contributed by atoms with Gasteiger partial charge in [-0.2, -0.15) is 0 Å². The average Bonchev–Trinajstić information content (AvgIpc) is 2.34. The van der Waals surface area contributed by atoms with E-state index >= 15 is 0 Å². The molecule has 0 aliphatic carbocycles. The Bertz CT molecular complexity index is 294. The Hall–Kier alpha value is -1.34. The fraction of sp³-hybridized carbons (Fsp3) is 0.833. The van der Waals surface area contributed by atoms with Crippen LogP contribution in [0.2, 0.25) is 0 Å². The first-order chi connectivity index (χ1) is 8.84. The van der Waals surface area contributed by atoms with Gasteiger partial charge in [0.05, 0.1) is 13.5 Å². The number of carbonyl (C=O) groups excluding carboxylic acids is 2. The maximum atomic E-state index is 11.7. The van der Waals surface area contributed by atoms with Gasteiger partial charge < -0.3 is 25.3 Å². The van der Waals surface area contributed by atoms with E-state index in [1.807, 2.05) is 0 Å². The molecule has 0 bridgehead atoms. The molecule has 0 rings (SSSR count). The standard InChI is InChI=1S/C12H24N2O5/c1-12(2,8-13)19-11(16)14-9(5-6-17-3)7-10(15)18-4/h9H,5-8,13H2,1-4H3,(H,14,16). The van der Waals surface area contributed by atoms with E-state index in [2.05, 4.69) is 10.1 Å². The lowest BCUT2D eigenvalue weighted by Crippen LogP contribution is -2.44. The molecule has 7 nitrogen and oxygen atoms in total. The van der Waals surface area contributed by atoms with Crippen LogP contribution in [0.3, 0.4) is 0 Å². The Morgan fingerprint density at radius 1 is 1.32 bits per heavy atom. The van der Waals surface area contributed by atoms with Crippen molar-refractivity contribution >= 4 is 12.1 Å². The molecule has 0 saturated carbocycles. The lowest BCUT2D eigenvalue weighted by Gasteiger charge is -2.25. The van der Waals surface area contributed by atoms with Crippen molar-refractivity contribution in [2.75, 3.05) is 27.4 Å². The summed E-state index contributed by atoms with van der Waals surface area (Å²) in [5.41, 5.74) is 4.72. The largest absolute Gasteiger partial charge is 0.469 e. The van der Waals surface area contributed by atoms with Gasteiger partial charge in [0.2, 0.25) is 0 Å². The van der Waals surface area contributed by atoms with E-state index in [0.29, 0.717) is 13.0 Å². The van der Waals surface area contributed by atoms with Gasteiger partial charge in [-0.3, -0.25) is 4.79 Å². The highest BCUT2D eigenvalue weighted by atomic mass is 16.6. The van der Waals surface area contributed by atoms with Gasteiger partial charge in [-0.1, -0.05) is 0 Å². The number of hydrogen-bond acceptors (Lipinski definition) is 6. The Morgan fingerprint density at radius 2 is 1.95 bits per heavy atom. The second kappa shape index (κ2) is 8.71. The van der Waals surface area contributed by atoms with E-state index in [-0.39, 0.29) is 13.0 Å². The van der Waals surface area contributed by atoms with Crippen LogP contribution < -0.4 is 11.1 Å². The van der Waals surface area contributed by atoms with Crippen LogP contribution in [0.15, 0.2) is 0 Å². The van der Waals surface area contributed by atoms with Crippen LogP contribution in [-0.2, 0) is 19.0 Å². The lowest BCUT2D eigenvalue weighted by atomic mass is 10.1. The predicted octanol–water partition coefficient (Wildman–Crippen LogP) is 0.418. The molecule has 0 aliphatic rings. The zero-order chi connectivity index (χ0) is 14.9. The van der Waals surface area contributed by atoms with Gasteiger partial charge in [-0.05, 0) is 20.3 Å². The molecule has 3 N–H and O–H groups in total. The third-order valence-corrected chi connectivity index (χ3v) is 2.49. The molecule has 0 fully saturated rings. The molecule has 0 aromatic carbocycles. The van der Waals surface area contributed by atoms with E-state index in [1.165, 1.54) is 7.11 Å². The zero-order valence-corrected chi connectivity index (χ0v) is 12.0. The minimum atomic E-state index is -0.749. The second-order valence-electron chi connectivity index (χ2n) is 4.76. The van der Waals surface area contributed by atoms with Gasteiger partial charge in [0.15, 0.2) is 0 Å². The summed E-state index contributed by atoms with van der Waals surface area (Å²) < 4.78 is 14.6. The number of rotatable bonds is 8. The molecule has 1 amide bonds. The Labute approximate surface area is 113 Å². The second-order valence-corrected chi connectivity index (χ2v) is 4.76. The van der Waals surface area contributed by atoms with Crippen LogP contribution in [0.1, 0.15) is 26.7 Å². The molecule has 0 radical (unpaired) electrons. The zero-order valence-electron chi connectivity index (χ0n) is 12.0. The van der Waals surface area contributed by atoms with Crippen LogP contribution in [0.25, 0.3) is 0 Å². The summed E-state index contributed by atoms with van der Waals surface area (Å²) in [4.78, 5) is 22.9. The Balaban J connectivity index is 4.37. The quantitative estimate of drug-likeness (QED) is 0.623. The first-order valence-electron chi connectivity index (χ1n) is 6.10. The monoisotopic (exact) mass is 276 g/mol. The van der Waals surface area contributed by atoms with Gasteiger partial charge in [0, 0.05) is 26.3 Å². The van der Waals surface area contributed by atoms with Crippen molar-refractivity contribution in [1.82, 2.24) is 5.32 Å². The van der Waals surface area contributed by atoms with Gasteiger partial charge in [0.1, 0.15) is 5.60 Å². The summed E-state index contributed by atoms with van der Waals surface area (Å²) in [7, 11) is 2.84. The first kappa shape index (κ1) is 17.7. The van der Waals surface area contributed by atoms with Crippen molar-refractivity contribution < 1.29 is 23.8 Å². The van der Waals surface area contributed by atoms with Crippen molar-refractivity contribution in [3.05, 3.63) is 0 Å². The molecular weight excluding hydrogens is 252 g/mol. The number of methoxy groups -OCH3 is 2. The number of ether oxygens (including phenoxy) is 3. The van der Waals surface area contributed by atoms with Crippen LogP contribution >= 0.6 is 0 Å². The summed E-state index contributed by atoms with van der Waals surface area (Å²) in [5.74, 6) is -0.403. The number of nitrogens with one attached hydrogen (secondary N) is 1. The molecular formula is C12H24N2O5. The molecule has 19 heavy (non-hydrogen) atoms. The minimum Gasteiger partial charge on any atom is -0.469 e. The van der Waals surface area contributed by atoms with Gasteiger partial charge in [-0.15, -0.1) is 0 Å². The molecule has 0 aromatic rings. The van der Waals surface area contributed by atoms with Crippen LogP contribution in [0, 0.1) is 0 Å². The fourth-order valence-corrected chi connectivity index (χ4v) is 1.26. The number of hydrogen-bond donors (Lipinski definition) is 2. The van der Waals surface area contributed by atoms with E-state index in [1.54, 1.807) is 21.0 Å². The Kier molecular flexibility index (Phi) is 8.09. The molecule has 0 saturated heterocycles. The highest BCUT2D eigenvalue weighted by Gasteiger charge is 2.23. The number of esters is 1. The summed E-state index contributed by atoms with van der Waals surface area (Å²) in [5, 5.41) is 2.61. The Morgan fingerprint density at radius 3 is 2.42 bits per heavy atom. The van der Waals surface area contributed by atoms with E-state index in [9.17, 15) is 9.59 Å². The van der Waals surface area contributed by atoms with Crippen molar-refractivity contribution in [2.45, 2.75) is 38.3 Å². The van der Waals surface area contributed by atoms with Crippen molar-refractivity contribution in [2.24, 2.45) is 5.73 Å². The molecule has 0 spiro atoms. The average molecular weight is 276 g/mol. The third-order valence-electron chi connectivity index (χ3n) is 2.49. The highest BCUT2D eigenvalue weighted by Crippen LogP contribution is 2.08. The predicted molar refractivity (Wildman–Crippen MR) is 69.7 cm³/mol. The van der Waals surface area contributed by atoms with E-state index < -0.39 is 23.7 Å². The van der Waals surface area contributed by atoms with Crippen molar-refractivity contribution in [1.29, 1.82) is 0 Å². The number of carbonyl (C=O) groups is 2. The molecule has 7 heteroatoms. The van der Waals surface area contributed by atoms with Gasteiger partial charge >= 0.3 is 12.1 Å². The van der Waals surface area contributed by atoms with Crippen LogP contribution in [0.4, 0.5) is 4.79 Å². The number of alkyl carbamates (subject to hydrolysis) is 1. The summed E-state index contributed by atoms with van der Waals surface area (Å²) in [6.45, 7) is 4.04. The number of amides is 1. The topological polar surface area (TPSA) is 99.9 Å². The third kappa shape index (κ3) is 8.39. The molecule has 0 aliphatic heterocycles. The summed E-state index contributed by atoms with van der Waals surface area (Å²) in [6, 6.07) is -0.395. The maximum absolute atomic E-state index is 11.7. The maximum Gasteiger partial charge on any atom is 0.407 e. The minimum absolute atomic E-state index is 0.0675. The summed E-state index contributed by atoms with van der Waals surface area (Å²) >= 11 is 0. The molecule has 1 unspecified atom stereocenters. The van der Waals surface area contributed by atoms with Crippen LogP contribution in [-0.4, -0.2) is 51.1 Å². The summed E-state index contributed by atoms with van der Waals surface area (Å²) in [6.07, 6.45) is -0.0534. The smallest absolute Gasteiger partial charge is 0.407 e. The van der Waals surface area contributed by atoms with Gasteiger partial charge in [0.25, 0.3) is 0 Å². The van der Waals surface area contributed by atoms with Crippen LogP contribution in [0.5, 0.6) is 0 Å². The van der Waals surface area contributed by atoms with E-state index in [4.69, 9.17) is 15.2 Å².